The minimum Gasteiger partial charge on any atom is -0.398 e. The first kappa shape index (κ1) is 13.1. The Morgan fingerprint density at radius 1 is 1.44 bits per heavy atom. The van der Waals surface area contributed by atoms with Gasteiger partial charge in [-0.05, 0) is 43.4 Å². The predicted octanol–water partition coefficient (Wildman–Crippen LogP) is 3.12. The van der Waals surface area contributed by atoms with Crippen LogP contribution in [0.5, 0.6) is 0 Å². The van der Waals surface area contributed by atoms with Crippen LogP contribution in [-0.4, -0.2) is 12.5 Å². The first-order valence-corrected chi connectivity index (χ1v) is 6.94. The zero-order valence-electron chi connectivity index (χ0n) is 10.2. The van der Waals surface area contributed by atoms with E-state index in [0.29, 0.717) is 17.2 Å². The highest BCUT2D eigenvalue weighted by Crippen LogP contribution is 2.20. The van der Waals surface area contributed by atoms with Gasteiger partial charge >= 0.3 is 0 Å². The van der Waals surface area contributed by atoms with E-state index in [1.54, 1.807) is 12.1 Å². The topological polar surface area (TPSA) is 55.1 Å². The number of nitrogens with two attached hydrogens (primary N) is 1. The van der Waals surface area contributed by atoms with Crippen LogP contribution in [0.2, 0.25) is 0 Å². The molecule has 2 rings (SSSR count). The third kappa shape index (κ3) is 3.35. The highest BCUT2D eigenvalue weighted by molar-refractivity contribution is 9.10. The van der Waals surface area contributed by atoms with Crippen molar-refractivity contribution in [2.45, 2.75) is 19.3 Å². The van der Waals surface area contributed by atoms with Gasteiger partial charge in [0.05, 0.1) is 5.56 Å². The molecule has 0 aliphatic heterocycles. The maximum absolute atomic E-state index is 12.0. The second kappa shape index (κ2) is 6.05. The fraction of sp³-hybridized carbons (Fsp3) is 0.357. The fourth-order valence-corrected chi connectivity index (χ4v) is 2.46. The second-order valence-corrected chi connectivity index (χ2v) is 5.51. The maximum Gasteiger partial charge on any atom is 0.253 e. The molecule has 1 aliphatic carbocycles. The molecular weight excluding hydrogens is 292 g/mol. The number of anilines is 1. The zero-order chi connectivity index (χ0) is 13.0. The number of carbonyl (C=O) groups is 1. The number of amides is 1. The first-order valence-electron chi connectivity index (χ1n) is 6.15. The summed E-state index contributed by atoms with van der Waals surface area (Å²) in [6.07, 6.45) is 7.69. The van der Waals surface area contributed by atoms with Gasteiger partial charge in [0.15, 0.2) is 0 Å². The smallest absolute Gasteiger partial charge is 0.253 e. The van der Waals surface area contributed by atoms with Gasteiger partial charge in [0.1, 0.15) is 0 Å². The van der Waals surface area contributed by atoms with Crippen LogP contribution in [0.3, 0.4) is 0 Å². The lowest BCUT2D eigenvalue weighted by atomic mass is 9.94. The number of hydrogen-bond acceptors (Lipinski definition) is 2. The summed E-state index contributed by atoms with van der Waals surface area (Å²) in [5.41, 5.74) is 6.86. The Kier molecular flexibility index (Phi) is 4.42. The fourth-order valence-electron chi connectivity index (χ4n) is 2.10. The SMILES string of the molecule is Nc1ccc(Br)cc1C(=O)NCC1CC=CCC1. The Balaban J connectivity index is 1.95. The van der Waals surface area contributed by atoms with Crippen molar-refractivity contribution >= 4 is 27.5 Å². The predicted molar refractivity (Wildman–Crippen MR) is 77.4 cm³/mol. The van der Waals surface area contributed by atoms with E-state index >= 15 is 0 Å². The van der Waals surface area contributed by atoms with Gasteiger partial charge in [-0.25, -0.2) is 0 Å². The van der Waals surface area contributed by atoms with Crippen molar-refractivity contribution in [3.63, 3.8) is 0 Å². The van der Waals surface area contributed by atoms with E-state index in [2.05, 4.69) is 33.4 Å². The third-order valence-corrected chi connectivity index (χ3v) is 3.68. The first-order chi connectivity index (χ1) is 8.66. The Hall–Kier alpha value is -1.29. The molecule has 4 heteroatoms. The number of allylic oxidation sites excluding steroid dienone is 2. The number of hydrogen-bond donors (Lipinski definition) is 2. The molecule has 0 bridgehead atoms. The van der Waals surface area contributed by atoms with E-state index in [1.807, 2.05) is 6.07 Å². The van der Waals surface area contributed by atoms with E-state index in [9.17, 15) is 4.79 Å². The summed E-state index contributed by atoms with van der Waals surface area (Å²) in [6.45, 7) is 0.717. The van der Waals surface area contributed by atoms with Crippen molar-refractivity contribution in [1.82, 2.24) is 5.32 Å². The standard InChI is InChI=1S/C14H17BrN2O/c15-11-6-7-13(16)12(8-11)14(18)17-9-10-4-2-1-3-5-10/h1-2,6-8,10H,3-5,9,16H2,(H,17,18). The van der Waals surface area contributed by atoms with Gasteiger partial charge in [0.25, 0.3) is 5.91 Å². The van der Waals surface area contributed by atoms with Crippen molar-refractivity contribution in [1.29, 1.82) is 0 Å². The maximum atomic E-state index is 12.0. The van der Waals surface area contributed by atoms with Crippen LogP contribution in [0.25, 0.3) is 0 Å². The molecule has 3 nitrogen and oxygen atoms in total. The van der Waals surface area contributed by atoms with Gasteiger partial charge in [-0.2, -0.15) is 0 Å². The summed E-state index contributed by atoms with van der Waals surface area (Å²) >= 11 is 3.35. The number of nitrogen functional groups attached to an aromatic ring is 1. The lowest BCUT2D eigenvalue weighted by molar-refractivity contribution is 0.0947. The molecule has 1 aromatic carbocycles. The van der Waals surface area contributed by atoms with Crippen LogP contribution in [0.15, 0.2) is 34.8 Å². The zero-order valence-corrected chi connectivity index (χ0v) is 11.7. The van der Waals surface area contributed by atoms with Crippen molar-refractivity contribution < 1.29 is 4.79 Å². The number of halogens is 1. The molecule has 1 unspecified atom stereocenters. The molecule has 0 saturated carbocycles. The average Bonchev–Trinajstić information content (AvgIpc) is 2.40. The molecule has 0 radical (unpaired) electrons. The van der Waals surface area contributed by atoms with E-state index in [1.165, 1.54) is 0 Å². The van der Waals surface area contributed by atoms with E-state index in [4.69, 9.17) is 5.73 Å². The Labute approximate surface area is 116 Å². The van der Waals surface area contributed by atoms with E-state index in [0.717, 1.165) is 30.3 Å². The van der Waals surface area contributed by atoms with Crippen LogP contribution < -0.4 is 11.1 Å². The monoisotopic (exact) mass is 308 g/mol. The van der Waals surface area contributed by atoms with Crippen molar-refractivity contribution in [2.75, 3.05) is 12.3 Å². The molecule has 0 fully saturated rings. The van der Waals surface area contributed by atoms with Crippen LogP contribution in [0, 0.1) is 5.92 Å². The van der Waals surface area contributed by atoms with Crippen LogP contribution in [0.1, 0.15) is 29.6 Å². The molecule has 0 spiro atoms. The number of rotatable bonds is 3. The summed E-state index contributed by atoms with van der Waals surface area (Å²) in [6, 6.07) is 5.33. The van der Waals surface area contributed by atoms with E-state index < -0.39 is 0 Å². The Bertz CT molecular complexity index is 471. The second-order valence-electron chi connectivity index (χ2n) is 4.59. The van der Waals surface area contributed by atoms with Gasteiger partial charge in [-0.1, -0.05) is 28.1 Å². The summed E-state index contributed by atoms with van der Waals surface area (Å²) in [7, 11) is 0. The number of carbonyl (C=O) groups excluding carboxylic acids is 1. The quantitative estimate of drug-likeness (QED) is 0.666. The van der Waals surface area contributed by atoms with Crippen LogP contribution >= 0.6 is 15.9 Å². The summed E-state index contributed by atoms with van der Waals surface area (Å²) in [4.78, 5) is 12.0. The molecule has 96 valence electrons. The molecule has 18 heavy (non-hydrogen) atoms. The Morgan fingerprint density at radius 3 is 3.00 bits per heavy atom. The Morgan fingerprint density at radius 2 is 2.28 bits per heavy atom. The van der Waals surface area contributed by atoms with Gasteiger partial charge in [0, 0.05) is 16.7 Å². The molecule has 0 saturated heterocycles. The summed E-state index contributed by atoms with van der Waals surface area (Å²) < 4.78 is 0.863. The molecule has 0 heterocycles. The van der Waals surface area contributed by atoms with Crippen LogP contribution in [0.4, 0.5) is 5.69 Å². The minimum absolute atomic E-state index is 0.0941. The van der Waals surface area contributed by atoms with Crippen molar-refractivity contribution in [3.05, 3.63) is 40.4 Å². The van der Waals surface area contributed by atoms with Gasteiger partial charge in [-0.3, -0.25) is 4.79 Å². The molecule has 0 aromatic heterocycles. The molecule has 1 aliphatic rings. The molecular formula is C14H17BrN2O. The summed E-state index contributed by atoms with van der Waals surface area (Å²) in [5.74, 6) is 0.454. The highest BCUT2D eigenvalue weighted by atomic mass is 79.9. The molecule has 1 atom stereocenters. The van der Waals surface area contributed by atoms with Crippen molar-refractivity contribution in [2.24, 2.45) is 5.92 Å². The lowest BCUT2D eigenvalue weighted by Crippen LogP contribution is -2.30. The van der Waals surface area contributed by atoms with Crippen LogP contribution in [-0.2, 0) is 0 Å². The van der Waals surface area contributed by atoms with Gasteiger partial charge < -0.3 is 11.1 Å². The number of benzene rings is 1. The average molecular weight is 309 g/mol. The van der Waals surface area contributed by atoms with E-state index in [-0.39, 0.29) is 5.91 Å². The molecule has 3 N–H and O–H groups in total. The minimum atomic E-state index is -0.0941. The normalized spacial score (nSPS) is 18.6. The molecule has 1 aromatic rings. The lowest BCUT2D eigenvalue weighted by Gasteiger charge is -2.18. The van der Waals surface area contributed by atoms with Crippen molar-refractivity contribution in [3.8, 4) is 0 Å². The highest BCUT2D eigenvalue weighted by Gasteiger charge is 2.14. The third-order valence-electron chi connectivity index (χ3n) is 3.19. The number of nitrogens with one attached hydrogen (secondary N) is 1. The largest absolute Gasteiger partial charge is 0.398 e. The molecule has 1 amide bonds. The van der Waals surface area contributed by atoms with Gasteiger partial charge in [0.2, 0.25) is 0 Å². The summed E-state index contributed by atoms with van der Waals surface area (Å²) in [5, 5.41) is 2.96. The van der Waals surface area contributed by atoms with Gasteiger partial charge in [-0.15, -0.1) is 0 Å².